The summed E-state index contributed by atoms with van der Waals surface area (Å²) >= 11 is 0. The third-order valence-corrected chi connectivity index (χ3v) is 3.20. The zero-order chi connectivity index (χ0) is 11.5. The molecule has 0 aromatic heterocycles. The van der Waals surface area contributed by atoms with E-state index in [1.165, 1.54) is 0 Å². The van der Waals surface area contributed by atoms with E-state index in [0.717, 1.165) is 5.56 Å². The van der Waals surface area contributed by atoms with Crippen LogP contribution >= 0.6 is 0 Å². The van der Waals surface area contributed by atoms with Gasteiger partial charge < -0.3 is 14.9 Å². The number of ether oxygens (including phenoxy) is 1. The monoisotopic (exact) mass is 222 g/mol. The molecular formula is C13H18O3. The van der Waals surface area contributed by atoms with Crippen LogP contribution in [0.4, 0.5) is 0 Å². The van der Waals surface area contributed by atoms with E-state index in [-0.39, 0.29) is 24.7 Å². The van der Waals surface area contributed by atoms with Crippen molar-refractivity contribution in [2.45, 2.75) is 31.7 Å². The number of epoxide rings is 1. The molecule has 4 atom stereocenters. The maximum atomic E-state index is 9.75. The van der Waals surface area contributed by atoms with Crippen LogP contribution < -0.4 is 0 Å². The molecule has 0 aliphatic carbocycles. The second-order valence-corrected chi connectivity index (χ2v) is 4.37. The van der Waals surface area contributed by atoms with Crippen LogP contribution in [0.25, 0.3) is 0 Å². The van der Waals surface area contributed by atoms with Crippen LogP contribution in [-0.4, -0.2) is 29.0 Å². The van der Waals surface area contributed by atoms with Gasteiger partial charge in [0.1, 0.15) is 6.10 Å². The van der Waals surface area contributed by atoms with E-state index in [9.17, 15) is 5.11 Å². The van der Waals surface area contributed by atoms with Gasteiger partial charge in [-0.15, -0.1) is 0 Å². The molecular weight excluding hydrogens is 204 g/mol. The van der Waals surface area contributed by atoms with E-state index >= 15 is 0 Å². The lowest BCUT2D eigenvalue weighted by Gasteiger charge is -2.15. The average molecular weight is 222 g/mol. The number of aliphatic hydroxyl groups is 2. The zero-order valence-corrected chi connectivity index (χ0v) is 9.41. The summed E-state index contributed by atoms with van der Waals surface area (Å²) in [5, 5.41) is 18.5. The van der Waals surface area contributed by atoms with Gasteiger partial charge in [0.2, 0.25) is 0 Å². The van der Waals surface area contributed by atoms with E-state index < -0.39 is 6.10 Å². The molecule has 0 saturated carbocycles. The van der Waals surface area contributed by atoms with Gasteiger partial charge in [0.05, 0.1) is 12.2 Å². The molecule has 1 aromatic carbocycles. The molecule has 3 heteroatoms. The Morgan fingerprint density at radius 1 is 1.31 bits per heavy atom. The van der Waals surface area contributed by atoms with E-state index in [1.807, 2.05) is 37.3 Å². The van der Waals surface area contributed by atoms with Gasteiger partial charge in [0, 0.05) is 12.5 Å². The first-order valence-corrected chi connectivity index (χ1v) is 5.73. The lowest BCUT2D eigenvalue weighted by molar-refractivity contribution is 0.0726. The van der Waals surface area contributed by atoms with Gasteiger partial charge in [-0.3, -0.25) is 0 Å². The van der Waals surface area contributed by atoms with Crippen LogP contribution in [0.1, 0.15) is 25.0 Å². The van der Waals surface area contributed by atoms with Crippen molar-refractivity contribution in [3.63, 3.8) is 0 Å². The van der Waals surface area contributed by atoms with Crippen LogP contribution in [0.3, 0.4) is 0 Å². The van der Waals surface area contributed by atoms with E-state index in [0.29, 0.717) is 6.42 Å². The summed E-state index contributed by atoms with van der Waals surface area (Å²) in [6.07, 6.45) is 0.139. The second kappa shape index (κ2) is 4.95. The quantitative estimate of drug-likeness (QED) is 0.742. The van der Waals surface area contributed by atoms with Crippen molar-refractivity contribution in [1.29, 1.82) is 0 Å². The third kappa shape index (κ3) is 2.43. The molecule has 0 amide bonds. The predicted octanol–water partition coefficient (Wildman–Crippen LogP) is 1.51. The van der Waals surface area contributed by atoms with Gasteiger partial charge in [0.15, 0.2) is 0 Å². The average Bonchev–Trinajstić information content (AvgIpc) is 3.09. The minimum atomic E-state index is -0.483. The van der Waals surface area contributed by atoms with Crippen LogP contribution in [-0.2, 0) is 4.74 Å². The highest BCUT2D eigenvalue weighted by atomic mass is 16.6. The normalized spacial score (nSPS) is 27.4. The number of hydrogen-bond donors (Lipinski definition) is 2. The fraction of sp³-hybridized carbons (Fsp3) is 0.538. The third-order valence-electron chi connectivity index (χ3n) is 3.20. The van der Waals surface area contributed by atoms with Crippen LogP contribution in [0.15, 0.2) is 30.3 Å². The van der Waals surface area contributed by atoms with Gasteiger partial charge >= 0.3 is 0 Å². The van der Waals surface area contributed by atoms with E-state index in [4.69, 9.17) is 9.84 Å². The predicted molar refractivity (Wildman–Crippen MR) is 60.9 cm³/mol. The molecule has 2 rings (SSSR count). The number of hydrogen-bond acceptors (Lipinski definition) is 3. The fourth-order valence-corrected chi connectivity index (χ4v) is 2.05. The molecule has 0 bridgehead atoms. The van der Waals surface area contributed by atoms with Crippen LogP contribution in [0, 0.1) is 5.92 Å². The lowest BCUT2D eigenvalue weighted by atomic mass is 9.94. The molecule has 88 valence electrons. The van der Waals surface area contributed by atoms with Crippen LogP contribution in [0.5, 0.6) is 0 Å². The summed E-state index contributed by atoms with van der Waals surface area (Å²) in [5.41, 5.74) is 1.16. The van der Waals surface area contributed by atoms with Crippen molar-refractivity contribution in [3.8, 4) is 0 Å². The topological polar surface area (TPSA) is 53.0 Å². The van der Waals surface area contributed by atoms with Crippen molar-refractivity contribution in [3.05, 3.63) is 35.9 Å². The first-order valence-electron chi connectivity index (χ1n) is 5.73. The largest absolute Gasteiger partial charge is 0.396 e. The molecule has 0 unspecified atom stereocenters. The summed E-state index contributed by atoms with van der Waals surface area (Å²) in [7, 11) is 0. The molecule has 1 heterocycles. The Morgan fingerprint density at radius 3 is 2.62 bits per heavy atom. The minimum Gasteiger partial charge on any atom is -0.396 e. The minimum absolute atomic E-state index is 0.0221. The number of aliphatic hydroxyl groups excluding tert-OH is 2. The summed E-state index contributed by atoms with van der Waals surface area (Å²) in [6, 6.07) is 10.0. The zero-order valence-electron chi connectivity index (χ0n) is 9.41. The van der Waals surface area contributed by atoms with Crippen molar-refractivity contribution >= 4 is 0 Å². The first kappa shape index (κ1) is 11.6. The van der Waals surface area contributed by atoms with Crippen molar-refractivity contribution in [1.82, 2.24) is 0 Å². The number of benzene rings is 1. The highest BCUT2D eigenvalue weighted by Crippen LogP contribution is 2.44. The standard InChI is InChI=1S/C13H18O3/c1-9(11(15)7-8-14)12-13(16-12)10-5-3-2-4-6-10/h2-6,9,11-15H,7-8H2,1H3/t9-,11+,12-,13+/m1/s1. The SMILES string of the molecule is C[C@@H]([C@H]1O[C@H]1c1ccccc1)[C@@H](O)CCO. The Morgan fingerprint density at radius 2 is 2.00 bits per heavy atom. The Hall–Kier alpha value is -0.900. The summed E-state index contributed by atoms with van der Waals surface area (Å²) in [5.74, 6) is 0.0670. The van der Waals surface area contributed by atoms with E-state index in [1.54, 1.807) is 0 Å². The van der Waals surface area contributed by atoms with Gasteiger partial charge in [-0.2, -0.15) is 0 Å². The molecule has 0 spiro atoms. The maximum absolute atomic E-state index is 9.75. The van der Waals surface area contributed by atoms with Crippen LogP contribution in [0.2, 0.25) is 0 Å². The highest BCUT2D eigenvalue weighted by molar-refractivity contribution is 5.22. The van der Waals surface area contributed by atoms with Gasteiger partial charge in [-0.05, 0) is 12.0 Å². The van der Waals surface area contributed by atoms with Crippen molar-refractivity contribution in [2.24, 2.45) is 5.92 Å². The first-order chi connectivity index (χ1) is 7.74. The Bertz CT molecular complexity index is 325. The Balaban J connectivity index is 1.91. The van der Waals surface area contributed by atoms with Gasteiger partial charge in [-0.25, -0.2) is 0 Å². The molecule has 0 radical (unpaired) electrons. The smallest absolute Gasteiger partial charge is 0.110 e. The maximum Gasteiger partial charge on any atom is 0.110 e. The van der Waals surface area contributed by atoms with E-state index in [2.05, 4.69) is 0 Å². The summed E-state index contributed by atoms with van der Waals surface area (Å²) in [4.78, 5) is 0. The molecule has 16 heavy (non-hydrogen) atoms. The molecule has 1 fully saturated rings. The highest BCUT2D eigenvalue weighted by Gasteiger charge is 2.45. The molecule has 2 N–H and O–H groups in total. The molecule has 1 aromatic rings. The summed E-state index contributed by atoms with van der Waals surface area (Å²) in [6.45, 7) is 1.99. The number of rotatable bonds is 5. The Labute approximate surface area is 95.7 Å². The van der Waals surface area contributed by atoms with Gasteiger partial charge in [-0.1, -0.05) is 37.3 Å². The molecule has 1 aliphatic heterocycles. The summed E-state index contributed by atoms with van der Waals surface area (Å²) < 4.78 is 5.59. The molecule has 1 saturated heterocycles. The van der Waals surface area contributed by atoms with Crippen molar-refractivity contribution in [2.75, 3.05) is 6.61 Å². The van der Waals surface area contributed by atoms with Crippen molar-refractivity contribution < 1.29 is 14.9 Å². The fourth-order valence-electron chi connectivity index (χ4n) is 2.05. The second-order valence-electron chi connectivity index (χ2n) is 4.37. The lowest BCUT2D eigenvalue weighted by Crippen LogP contribution is -2.23. The molecule has 3 nitrogen and oxygen atoms in total. The Kier molecular flexibility index (Phi) is 3.59. The molecule has 1 aliphatic rings. The van der Waals surface area contributed by atoms with Gasteiger partial charge in [0.25, 0.3) is 0 Å².